The number of rotatable bonds is 4. The predicted molar refractivity (Wildman–Crippen MR) is 111 cm³/mol. The molecule has 0 saturated heterocycles. The first-order valence-corrected chi connectivity index (χ1v) is 10.1. The van der Waals surface area contributed by atoms with E-state index in [0.29, 0.717) is 5.75 Å². The van der Waals surface area contributed by atoms with Gasteiger partial charge in [0.25, 0.3) is 0 Å². The maximum absolute atomic E-state index is 6.45. The molecule has 7 heteroatoms. The van der Waals surface area contributed by atoms with Crippen LogP contribution in [0.15, 0.2) is 68.8 Å². The largest absolute Gasteiger partial charge is 0.496 e. The molecule has 2 aliphatic rings. The maximum atomic E-state index is 6.45. The van der Waals surface area contributed by atoms with Crippen LogP contribution in [0.25, 0.3) is 0 Å². The van der Waals surface area contributed by atoms with E-state index in [1.165, 1.54) is 0 Å². The average Bonchev–Trinajstić information content (AvgIpc) is 3.42. The van der Waals surface area contributed by atoms with Crippen LogP contribution in [0, 0.1) is 0 Å². The predicted octanol–water partition coefficient (Wildman–Crippen LogP) is 5.30. The van der Waals surface area contributed by atoms with Gasteiger partial charge in [0, 0.05) is 17.5 Å². The Bertz CT molecular complexity index is 1080. The monoisotopic (exact) mass is 454 g/mol. The number of furan rings is 1. The van der Waals surface area contributed by atoms with E-state index >= 15 is 0 Å². The number of halogens is 1. The summed E-state index contributed by atoms with van der Waals surface area (Å²) in [5.74, 6) is 3.01. The van der Waals surface area contributed by atoms with Crippen LogP contribution >= 0.6 is 15.9 Å². The number of hydrazone groups is 1. The van der Waals surface area contributed by atoms with Crippen molar-refractivity contribution in [1.29, 1.82) is 0 Å². The lowest BCUT2D eigenvalue weighted by molar-refractivity contribution is -0.0209. The summed E-state index contributed by atoms with van der Waals surface area (Å²) in [5, 5.41) is 6.89. The molecule has 3 aromatic rings. The molecule has 0 saturated carbocycles. The van der Waals surface area contributed by atoms with E-state index in [0.717, 1.165) is 45.0 Å². The molecule has 148 valence electrons. The highest BCUT2D eigenvalue weighted by atomic mass is 79.9. The molecular formula is C22H19BrN2O4. The molecule has 0 unspecified atom stereocenters. The molecule has 6 nitrogen and oxygen atoms in total. The molecular weight excluding hydrogens is 436 g/mol. The van der Waals surface area contributed by atoms with Crippen LogP contribution < -0.4 is 14.2 Å². The number of hydrogen-bond donors (Lipinski definition) is 0. The summed E-state index contributed by atoms with van der Waals surface area (Å²) in [7, 11) is 3.30. The van der Waals surface area contributed by atoms with Crippen LogP contribution in [0.5, 0.6) is 17.2 Å². The molecule has 0 fully saturated rings. The third-order valence-electron chi connectivity index (χ3n) is 5.27. The van der Waals surface area contributed by atoms with Crippen molar-refractivity contribution < 1.29 is 18.6 Å². The van der Waals surface area contributed by atoms with Crippen molar-refractivity contribution >= 4 is 21.6 Å². The highest BCUT2D eigenvalue weighted by molar-refractivity contribution is 9.10. The summed E-state index contributed by atoms with van der Waals surface area (Å²) in [6.07, 6.45) is 1.99. The lowest BCUT2D eigenvalue weighted by atomic mass is 9.97. The second-order valence-corrected chi connectivity index (χ2v) is 7.72. The third kappa shape index (κ3) is 2.97. The topological polar surface area (TPSA) is 56.4 Å². The number of fused-ring (bicyclic) bond motifs is 3. The van der Waals surface area contributed by atoms with Crippen molar-refractivity contribution in [2.45, 2.75) is 18.7 Å². The Labute approximate surface area is 176 Å². The molecule has 0 amide bonds. The van der Waals surface area contributed by atoms with Gasteiger partial charge < -0.3 is 18.6 Å². The standard InChI is InChI=1S/C22H19BrN2O4/c1-26-18-9-8-13(11-15(18)23)22-25-17(12-16(24-25)19-7-4-10-28-19)14-5-3-6-20(27-2)21(14)29-22/h3-11,17,22H,12H2,1-2H3/t17-,22+/m1/s1. The van der Waals surface area contributed by atoms with Crippen LogP contribution in [0.2, 0.25) is 0 Å². The van der Waals surface area contributed by atoms with Crippen molar-refractivity contribution in [2.75, 3.05) is 14.2 Å². The fourth-order valence-electron chi connectivity index (χ4n) is 3.89. The number of methoxy groups -OCH3 is 2. The Morgan fingerprint density at radius 2 is 1.93 bits per heavy atom. The van der Waals surface area contributed by atoms with Crippen LogP contribution in [-0.4, -0.2) is 24.9 Å². The second-order valence-electron chi connectivity index (χ2n) is 6.87. The summed E-state index contributed by atoms with van der Waals surface area (Å²) in [6.45, 7) is 0. The number of benzene rings is 2. The molecule has 5 rings (SSSR count). The number of nitrogens with zero attached hydrogens (tertiary/aromatic N) is 2. The normalized spacial score (nSPS) is 19.8. The van der Waals surface area contributed by atoms with Gasteiger partial charge in [0.15, 0.2) is 11.5 Å². The second kappa shape index (κ2) is 7.15. The van der Waals surface area contributed by atoms with Gasteiger partial charge >= 0.3 is 0 Å². The Morgan fingerprint density at radius 3 is 2.66 bits per heavy atom. The van der Waals surface area contributed by atoms with Gasteiger partial charge in [-0.05, 0) is 52.3 Å². The van der Waals surface area contributed by atoms with Crippen LogP contribution in [0.4, 0.5) is 0 Å². The first-order chi connectivity index (χ1) is 14.2. The summed E-state index contributed by atoms with van der Waals surface area (Å²) in [4.78, 5) is 0. The molecule has 0 aliphatic carbocycles. The maximum Gasteiger partial charge on any atom is 0.214 e. The minimum absolute atomic E-state index is 0.0276. The van der Waals surface area contributed by atoms with Crippen LogP contribution in [0.1, 0.15) is 35.6 Å². The van der Waals surface area contributed by atoms with Crippen LogP contribution in [-0.2, 0) is 0 Å². The Hall–Kier alpha value is -2.93. The van der Waals surface area contributed by atoms with Crippen molar-refractivity contribution in [1.82, 2.24) is 5.01 Å². The molecule has 29 heavy (non-hydrogen) atoms. The summed E-state index contributed by atoms with van der Waals surface area (Å²) < 4.78 is 23.9. The van der Waals surface area contributed by atoms with Gasteiger partial charge in [0.05, 0.1) is 31.0 Å². The molecule has 1 aromatic heterocycles. The number of hydrogen-bond acceptors (Lipinski definition) is 6. The summed E-state index contributed by atoms with van der Waals surface area (Å²) in [6, 6.07) is 15.7. The first-order valence-electron chi connectivity index (χ1n) is 9.26. The van der Waals surface area contributed by atoms with Gasteiger partial charge in [-0.25, -0.2) is 5.01 Å². The molecule has 2 aromatic carbocycles. The summed E-state index contributed by atoms with van der Waals surface area (Å²) in [5.41, 5.74) is 2.92. The van der Waals surface area contributed by atoms with E-state index in [-0.39, 0.29) is 6.04 Å². The van der Waals surface area contributed by atoms with E-state index < -0.39 is 6.23 Å². The van der Waals surface area contributed by atoms with Gasteiger partial charge in [-0.1, -0.05) is 12.1 Å². The SMILES string of the molecule is COc1ccc([C@@H]2Oc3c(OC)cccc3[C@H]3CC(c4ccco4)=NN32)cc1Br. The van der Waals surface area contributed by atoms with E-state index in [4.69, 9.17) is 23.7 Å². The Balaban J connectivity index is 1.62. The fraction of sp³-hybridized carbons (Fsp3) is 0.227. The van der Waals surface area contributed by atoms with Gasteiger partial charge in [-0.3, -0.25) is 0 Å². The zero-order valence-electron chi connectivity index (χ0n) is 16.0. The quantitative estimate of drug-likeness (QED) is 0.535. The molecule has 0 N–H and O–H groups in total. The van der Waals surface area contributed by atoms with Crippen molar-refractivity contribution in [3.05, 3.63) is 76.2 Å². The molecule has 0 radical (unpaired) electrons. The fourth-order valence-corrected chi connectivity index (χ4v) is 4.45. The lowest BCUT2D eigenvalue weighted by Gasteiger charge is -2.38. The van der Waals surface area contributed by atoms with Crippen molar-refractivity contribution in [2.24, 2.45) is 5.10 Å². The minimum Gasteiger partial charge on any atom is -0.496 e. The average molecular weight is 455 g/mol. The minimum atomic E-state index is -0.404. The van der Waals surface area contributed by atoms with Gasteiger partial charge in [-0.15, -0.1) is 0 Å². The third-order valence-corrected chi connectivity index (χ3v) is 5.89. The van der Waals surface area contributed by atoms with Gasteiger partial charge in [-0.2, -0.15) is 5.10 Å². The van der Waals surface area contributed by atoms with Gasteiger partial charge in [0.2, 0.25) is 6.23 Å². The first kappa shape index (κ1) is 18.1. The Morgan fingerprint density at radius 1 is 1.07 bits per heavy atom. The zero-order valence-corrected chi connectivity index (χ0v) is 17.5. The highest BCUT2D eigenvalue weighted by Gasteiger charge is 2.42. The zero-order chi connectivity index (χ0) is 20.0. The molecule has 2 atom stereocenters. The van der Waals surface area contributed by atoms with E-state index in [1.807, 2.05) is 47.5 Å². The van der Waals surface area contributed by atoms with Gasteiger partial charge in [0.1, 0.15) is 17.2 Å². The number of para-hydroxylation sites is 1. The molecule has 3 heterocycles. The summed E-state index contributed by atoms with van der Waals surface area (Å²) >= 11 is 3.58. The Kier molecular flexibility index (Phi) is 4.47. The smallest absolute Gasteiger partial charge is 0.214 e. The number of ether oxygens (including phenoxy) is 3. The lowest BCUT2D eigenvalue weighted by Crippen LogP contribution is -2.33. The van der Waals surface area contributed by atoms with E-state index in [1.54, 1.807) is 20.5 Å². The van der Waals surface area contributed by atoms with E-state index in [2.05, 4.69) is 22.0 Å². The van der Waals surface area contributed by atoms with Crippen LogP contribution in [0.3, 0.4) is 0 Å². The molecule has 0 bridgehead atoms. The highest BCUT2D eigenvalue weighted by Crippen LogP contribution is 2.51. The van der Waals surface area contributed by atoms with Crippen molar-refractivity contribution in [3.8, 4) is 17.2 Å². The molecule has 2 aliphatic heterocycles. The van der Waals surface area contributed by atoms with Crippen molar-refractivity contribution in [3.63, 3.8) is 0 Å². The molecule has 0 spiro atoms. The van der Waals surface area contributed by atoms with E-state index in [9.17, 15) is 0 Å².